The molecule has 2 aliphatic heterocycles. The molecular formula is C25H25N5O. The van der Waals surface area contributed by atoms with Gasteiger partial charge in [-0.3, -0.25) is 14.8 Å². The average molecular weight is 412 g/mol. The maximum absolute atomic E-state index is 13.1. The SMILES string of the molecule is O=C(c1ccccn1)N1CCC[C@@]2(C1)Nc1ccccc1NC2=NCc1ccccc1. The third-order valence-corrected chi connectivity index (χ3v) is 5.93. The number of carbonyl (C=O) groups is 1. The van der Waals surface area contributed by atoms with E-state index in [9.17, 15) is 4.79 Å². The van der Waals surface area contributed by atoms with Gasteiger partial charge in [0.1, 0.15) is 17.1 Å². The summed E-state index contributed by atoms with van der Waals surface area (Å²) in [6, 6.07) is 23.8. The highest BCUT2D eigenvalue weighted by Crippen LogP contribution is 2.36. The number of piperidine rings is 1. The third-order valence-electron chi connectivity index (χ3n) is 5.93. The molecule has 6 nitrogen and oxygen atoms in total. The number of para-hydroxylation sites is 2. The van der Waals surface area contributed by atoms with Crippen LogP contribution >= 0.6 is 0 Å². The van der Waals surface area contributed by atoms with E-state index in [0.717, 1.165) is 35.6 Å². The monoisotopic (exact) mass is 411 g/mol. The van der Waals surface area contributed by atoms with Gasteiger partial charge in [0.2, 0.25) is 0 Å². The lowest BCUT2D eigenvalue weighted by Gasteiger charge is -2.47. The van der Waals surface area contributed by atoms with Crippen molar-refractivity contribution >= 4 is 23.1 Å². The Labute approximate surface area is 182 Å². The molecule has 31 heavy (non-hydrogen) atoms. The summed E-state index contributed by atoms with van der Waals surface area (Å²) >= 11 is 0. The predicted molar refractivity (Wildman–Crippen MR) is 123 cm³/mol. The summed E-state index contributed by atoms with van der Waals surface area (Å²) in [5.41, 5.74) is 3.22. The zero-order valence-corrected chi connectivity index (χ0v) is 17.3. The summed E-state index contributed by atoms with van der Waals surface area (Å²) in [7, 11) is 0. The highest BCUT2D eigenvalue weighted by atomic mass is 16.2. The molecule has 1 aromatic heterocycles. The minimum atomic E-state index is -0.453. The van der Waals surface area contributed by atoms with Crippen molar-refractivity contribution < 1.29 is 4.79 Å². The number of nitrogens with zero attached hydrogens (tertiary/aromatic N) is 3. The zero-order valence-electron chi connectivity index (χ0n) is 17.3. The highest BCUT2D eigenvalue weighted by Gasteiger charge is 2.44. The molecule has 1 saturated heterocycles. The van der Waals surface area contributed by atoms with E-state index in [1.54, 1.807) is 12.3 Å². The van der Waals surface area contributed by atoms with Gasteiger partial charge >= 0.3 is 0 Å². The van der Waals surface area contributed by atoms with Crippen LogP contribution in [0, 0.1) is 0 Å². The number of aromatic nitrogens is 1. The summed E-state index contributed by atoms with van der Waals surface area (Å²) in [5.74, 6) is 0.844. The average Bonchev–Trinajstić information content (AvgIpc) is 2.83. The van der Waals surface area contributed by atoms with Gasteiger partial charge < -0.3 is 15.5 Å². The van der Waals surface area contributed by atoms with E-state index in [2.05, 4.69) is 33.8 Å². The van der Waals surface area contributed by atoms with E-state index in [0.29, 0.717) is 25.3 Å². The van der Waals surface area contributed by atoms with E-state index < -0.39 is 5.54 Å². The number of amides is 1. The Balaban J connectivity index is 1.48. The molecule has 1 fully saturated rings. The number of hydrogen-bond acceptors (Lipinski definition) is 4. The van der Waals surface area contributed by atoms with Crippen molar-refractivity contribution in [2.75, 3.05) is 23.7 Å². The van der Waals surface area contributed by atoms with Crippen molar-refractivity contribution in [1.29, 1.82) is 0 Å². The number of nitrogens with one attached hydrogen (secondary N) is 2. The summed E-state index contributed by atoms with van der Waals surface area (Å²) < 4.78 is 0. The lowest BCUT2D eigenvalue weighted by molar-refractivity contribution is 0.0688. The van der Waals surface area contributed by atoms with Crippen LogP contribution in [-0.2, 0) is 6.54 Å². The van der Waals surface area contributed by atoms with Crippen LogP contribution in [0.5, 0.6) is 0 Å². The molecule has 1 amide bonds. The van der Waals surface area contributed by atoms with Gasteiger partial charge in [-0.2, -0.15) is 0 Å². The maximum atomic E-state index is 13.1. The van der Waals surface area contributed by atoms with Gasteiger partial charge in [0, 0.05) is 12.7 Å². The molecule has 3 heterocycles. The molecule has 1 spiro atoms. The van der Waals surface area contributed by atoms with Crippen molar-refractivity contribution in [3.63, 3.8) is 0 Å². The zero-order chi connectivity index (χ0) is 21.1. The number of anilines is 2. The standard InChI is InChI=1S/C25H25N5O/c31-23(22-13-6-7-15-26-22)30-16-8-14-25(18-30)24(27-17-19-9-2-1-3-10-19)28-20-11-4-5-12-21(20)29-25/h1-7,9-13,15,29H,8,14,16-18H2,(H,27,28)/t25-/m0/s1. The van der Waals surface area contributed by atoms with Crippen LogP contribution in [0.3, 0.4) is 0 Å². The largest absolute Gasteiger partial charge is 0.370 e. The van der Waals surface area contributed by atoms with Crippen molar-refractivity contribution in [2.45, 2.75) is 24.9 Å². The van der Waals surface area contributed by atoms with E-state index in [1.165, 1.54) is 0 Å². The number of aliphatic imine (C=N–C) groups is 1. The van der Waals surface area contributed by atoms with Crippen LogP contribution in [-0.4, -0.2) is 40.3 Å². The molecule has 0 unspecified atom stereocenters. The van der Waals surface area contributed by atoms with Crippen molar-refractivity contribution in [2.24, 2.45) is 4.99 Å². The van der Waals surface area contributed by atoms with Crippen molar-refractivity contribution in [1.82, 2.24) is 9.88 Å². The first-order valence-corrected chi connectivity index (χ1v) is 10.7. The minimum Gasteiger partial charge on any atom is -0.370 e. The second-order valence-electron chi connectivity index (χ2n) is 8.07. The Morgan fingerprint density at radius 1 is 1.00 bits per heavy atom. The Bertz CT molecular complexity index is 1100. The number of carbonyl (C=O) groups excluding carboxylic acids is 1. The van der Waals surface area contributed by atoms with E-state index in [1.807, 2.05) is 53.4 Å². The number of hydrogen-bond donors (Lipinski definition) is 2. The number of pyridine rings is 1. The van der Waals surface area contributed by atoms with Crippen molar-refractivity contribution in [3.8, 4) is 0 Å². The first-order valence-electron chi connectivity index (χ1n) is 10.7. The molecule has 0 saturated carbocycles. The summed E-state index contributed by atoms with van der Waals surface area (Å²) in [4.78, 5) is 24.3. The van der Waals surface area contributed by atoms with Gasteiger partial charge in [0.15, 0.2) is 0 Å². The highest BCUT2D eigenvalue weighted by molar-refractivity contribution is 6.10. The summed E-state index contributed by atoms with van der Waals surface area (Å²) in [6.45, 7) is 1.84. The molecule has 2 N–H and O–H groups in total. The number of benzene rings is 2. The lowest BCUT2D eigenvalue weighted by atomic mass is 9.85. The predicted octanol–water partition coefficient (Wildman–Crippen LogP) is 4.19. The number of amidine groups is 1. The molecule has 2 aliphatic rings. The van der Waals surface area contributed by atoms with Gasteiger partial charge in [0.05, 0.1) is 24.5 Å². The van der Waals surface area contributed by atoms with Gasteiger partial charge in [-0.1, -0.05) is 48.5 Å². The Morgan fingerprint density at radius 2 is 1.77 bits per heavy atom. The Hall–Kier alpha value is -3.67. The summed E-state index contributed by atoms with van der Waals surface area (Å²) in [6.07, 6.45) is 3.45. The lowest BCUT2D eigenvalue weighted by Crippen LogP contribution is -2.62. The number of rotatable bonds is 3. The molecule has 0 bridgehead atoms. The fraction of sp³-hybridized carbons (Fsp3) is 0.240. The minimum absolute atomic E-state index is 0.0391. The maximum Gasteiger partial charge on any atom is 0.272 e. The second-order valence-corrected chi connectivity index (χ2v) is 8.07. The first-order chi connectivity index (χ1) is 15.2. The molecule has 6 heteroatoms. The van der Waals surface area contributed by atoms with Crippen LogP contribution in [0.15, 0.2) is 84.0 Å². The quantitative estimate of drug-likeness (QED) is 0.678. The smallest absolute Gasteiger partial charge is 0.272 e. The van der Waals surface area contributed by atoms with Crippen LogP contribution < -0.4 is 10.6 Å². The van der Waals surface area contributed by atoms with E-state index >= 15 is 0 Å². The second kappa shape index (κ2) is 8.22. The van der Waals surface area contributed by atoms with Crippen LogP contribution in [0.2, 0.25) is 0 Å². The van der Waals surface area contributed by atoms with Gasteiger partial charge in [-0.15, -0.1) is 0 Å². The van der Waals surface area contributed by atoms with Crippen LogP contribution in [0.1, 0.15) is 28.9 Å². The Kier molecular flexibility index (Phi) is 5.12. The fourth-order valence-corrected chi connectivity index (χ4v) is 4.39. The molecule has 3 aromatic rings. The molecule has 156 valence electrons. The van der Waals surface area contributed by atoms with Crippen molar-refractivity contribution in [3.05, 3.63) is 90.3 Å². The number of likely N-dealkylation sites (tertiary alicyclic amines) is 1. The Morgan fingerprint density at radius 3 is 2.58 bits per heavy atom. The number of fused-ring (bicyclic) bond motifs is 1. The van der Waals surface area contributed by atoms with Crippen LogP contribution in [0.25, 0.3) is 0 Å². The molecule has 1 atom stereocenters. The van der Waals surface area contributed by atoms with Crippen LogP contribution in [0.4, 0.5) is 11.4 Å². The summed E-state index contributed by atoms with van der Waals surface area (Å²) in [5, 5.41) is 7.29. The van der Waals surface area contributed by atoms with E-state index in [4.69, 9.17) is 4.99 Å². The first kappa shape index (κ1) is 19.3. The van der Waals surface area contributed by atoms with Gasteiger partial charge in [0.25, 0.3) is 5.91 Å². The van der Waals surface area contributed by atoms with Gasteiger partial charge in [-0.25, -0.2) is 0 Å². The fourth-order valence-electron chi connectivity index (χ4n) is 4.39. The molecule has 2 aromatic carbocycles. The molecule has 0 radical (unpaired) electrons. The molecular weight excluding hydrogens is 386 g/mol. The third kappa shape index (κ3) is 3.89. The normalized spacial score (nSPS) is 21.3. The van der Waals surface area contributed by atoms with Gasteiger partial charge in [-0.05, 0) is 42.7 Å². The van der Waals surface area contributed by atoms with E-state index in [-0.39, 0.29) is 5.91 Å². The molecule has 0 aliphatic carbocycles. The topological polar surface area (TPSA) is 69.6 Å². The molecule has 5 rings (SSSR count).